The molecular formula is C20H24Cl2N2O4S. The summed E-state index contributed by atoms with van der Waals surface area (Å²) in [5.74, 6) is -0.889. The van der Waals surface area contributed by atoms with Crippen LogP contribution in [0.25, 0.3) is 10.8 Å². The number of nitrogens with zero attached hydrogens (tertiary/aromatic N) is 1. The highest BCUT2D eigenvalue weighted by molar-refractivity contribution is 7.89. The largest absolute Gasteiger partial charge is 0.460 e. The molecule has 1 aliphatic carbocycles. The zero-order valence-electron chi connectivity index (χ0n) is 16.5. The van der Waals surface area contributed by atoms with Crippen molar-refractivity contribution in [2.24, 2.45) is 5.92 Å². The topological polar surface area (TPSA) is 85.4 Å². The number of carbonyl (C=O) groups excluding carboxylic acids is 1. The van der Waals surface area contributed by atoms with Crippen LogP contribution in [0.4, 0.5) is 0 Å². The van der Waals surface area contributed by atoms with Gasteiger partial charge in [-0.15, -0.1) is 0 Å². The van der Waals surface area contributed by atoms with E-state index in [9.17, 15) is 13.2 Å². The van der Waals surface area contributed by atoms with E-state index in [1.54, 1.807) is 26.8 Å². The predicted octanol–water partition coefficient (Wildman–Crippen LogP) is 4.72. The fraction of sp³-hybridized carbons (Fsp3) is 0.500. The minimum atomic E-state index is -3.88. The Hall–Kier alpha value is -1.41. The van der Waals surface area contributed by atoms with Crippen LogP contribution in [0.15, 0.2) is 29.3 Å². The molecular weight excluding hydrogens is 435 g/mol. The second kappa shape index (κ2) is 8.38. The van der Waals surface area contributed by atoms with Crippen molar-refractivity contribution in [2.45, 2.75) is 63.0 Å². The summed E-state index contributed by atoms with van der Waals surface area (Å²) in [6.45, 7) is 5.39. The summed E-state index contributed by atoms with van der Waals surface area (Å²) in [6.07, 6.45) is 4.29. The molecule has 1 heterocycles. The summed E-state index contributed by atoms with van der Waals surface area (Å²) >= 11 is 12.2. The molecule has 1 aromatic heterocycles. The van der Waals surface area contributed by atoms with Gasteiger partial charge in [-0.05, 0) is 45.7 Å². The normalized spacial score (nSPS) is 20.6. The summed E-state index contributed by atoms with van der Waals surface area (Å²) < 4.78 is 34.3. The lowest BCUT2D eigenvalue weighted by Crippen LogP contribution is -2.46. The molecule has 0 spiro atoms. The Labute approximate surface area is 181 Å². The molecule has 0 bridgehead atoms. The Kier molecular flexibility index (Phi) is 6.44. The van der Waals surface area contributed by atoms with E-state index >= 15 is 0 Å². The first-order valence-corrected chi connectivity index (χ1v) is 11.7. The van der Waals surface area contributed by atoms with Gasteiger partial charge in [-0.2, -0.15) is 0 Å². The summed E-state index contributed by atoms with van der Waals surface area (Å²) in [5.41, 5.74) is -0.626. The number of hydrogen-bond donors (Lipinski definition) is 1. The molecule has 0 saturated heterocycles. The van der Waals surface area contributed by atoms with E-state index in [4.69, 9.17) is 27.9 Å². The van der Waals surface area contributed by atoms with Gasteiger partial charge in [0.05, 0.1) is 15.8 Å². The van der Waals surface area contributed by atoms with Crippen molar-refractivity contribution < 1.29 is 17.9 Å². The summed E-state index contributed by atoms with van der Waals surface area (Å²) in [7, 11) is -3.88. The second-order valence-electron chi connectivity index (χ2n) is 8.26. The number of sulfonamides is 1. The highest BCUT2D eigenvalue weighted by Crippen LogP contribution is 2.31. The van der Waals surface area contributed by atoms with Gasteiger partial charge >= 0.3 is 5.97 Å². The average molecular weight is 459 g/mol. The smallest absolute Gasteiger partial charge is 0.311 e. The number of carbonyl (C=O) groups is 1. The summed E-state index contributed by atoms with van der Waals surface area (Å²) in [6, 6.07) is 4.00. The van der Waals surface area contributed by atoms with E-state index in [1.165, 1.54) is 18.3 Å². The van der Waals surface area contributed by atoms with Crippen molar-refractivity contribution in [2.75, 3.05) is 0 Å². The van der Waals surface area contributed by atoms with Crippen molar-refractivity contribution >= 4 is 50.0 Å². The first-order chi connectivity index (χ1) is 13.5. The fourth-order valence-electron chi connectivity index (χ4n) is 3.52. The predicted molar refractivity (Wildman–Crippen MR) is 114 cm³/mol. The number of halogens is 2. The Morgan fingerprint density at radius 3 is 2.55 bits per heavy atom. The first kappa shape index (κ1) is 22.3. The molecule has 29 heavy (non-hydrogen) atoms. The maximum absolute atomic E-state index is 13.0. The van der Waals surface area contributed by atoms with Crippen LogP contribution in [-0.4, -0.2) is 31.0 Å². The van der Waals surface area contributed by atoms with Crippen LogP contribution in [0.2, 0.25) is 10.2 Å². The van der Waals surface area contributed by atoms with Crippen molar-refractivity contribution in [1.82, 2.24) is 9.71 Å². The molecule has 9 heteroatoms. The molecule has 6 nitrogen and oxygen atoms in total. The Bertz CT molecular complexity index is 1030. The molecule has 2 unspecified atom stereocenters. The average Bonchev–Trinajstić information content (AvgIpc) is 2.63. The van der Waals surface area contributed by atoms with E-state index in [0.29, 0.717) is 28.6 Å². The molecule has 3 rings (SSSR count). The fourth-order valence-corrected chi connectivity index (χ4v) is 5.28. The van der Waals surface area contributed by atoms with Crippen LogP contribution in [0.5, 0.6) is 0 Å². The third-order valence-corrected chi connectivity index (χ3v) is 6.94. The van der Waals surface area contributed by atoms with E-state index in [-0.39, 0.29) is 16.0 Å². The van der Waals surface area contributed by atoms with Gasteiger partial charge in [-0.3, -0.25) is 4.79 Å². The SMILES string of the molecule is CC(C)(C)OC(=O)C1CCCCC1NS(=O)(=O)c1ccc2c(Cl)cnc(Cl)c2c1. The first-order valence-electron chi connectivity index (χ1n) is 9.47. The van der Waals surface area contributed by atoms with Crippen LogP contribution in [0.1, 0.15) is 46.5 Å². The van der Waals surface area contributed by atoms with Crippen molar-refractivity contribution in [3.63, 3.8) is 0 Å². The van der Waals surface area contributed by atoms with Gasteiger partial charge in [0.15, 0.2) is 0 Å². The van der Waals surface area contributed by atoms with E-state index in [0.717, 1.165) is 12.8 Å². The lowest BCUT2D eigenvalue weighted by molar-refractivity contribution is -0.161. The van der Waals surface area contributed by atoms with Gasteiger partial charge in [-0.1, -0.05) is 42.1 Å². The van der Waals surface area contributed by atoms with Gasteiger partial charge in [0.25, 0.3) is 0 Å². The highest BCUT2D eigenvalue weighted by atomic mass is 35.5. The third-order valence-electron chi connectivity index (χ3n) is 4.85. The number of pyridine rings is 1. The maximum Gasteiger partial charge on any atom is 0.311 e. The van der Waals surface area contributed by atoms with E-state index in [2.05, 4.69) is 9.71 Å². The van der Waals surface area contributed by atoms with Crippen LogP contribution >= 0.6 is 23.2 Å². The van der Waals surface area contributed by atoms with Crippen molar-refractivity contribution in [1.29, 1.82) is 0 Å². The second-order valence-corrected chi connectivity index (χ2v) is 10.7. The molecule has 158 valence electrons. The lowest BCUT2D eigenvalue weighted by Gasteiger charge is -2.32. The van der Waals surface area contributed by atoms with Crippen LogP contribution in [0, 0.1) is 5.92 Å². The van der Waals surface area contributed by atoms with Gasteiger partial charge in [0.1, 0.15) is 10.8 Å². The molecule has 2 aromatic rings. The highest BCUT2D eigenvalue weighted by Gasteiger charge is 2.36. The van der Waals surface area contributed by atoms with Crippen LogP contribution in [0.3, 0.4) is 0 Å². The zero-order chi connectivity index (χ0) is 21.4. The number of esters is 1. The number of fused-ring (bicyclic) bond motifs is 1. The molecule has 0 radical (unpaired) electrons. The van der Waals surface area contributed by atoms with Gasteiger partial charge in [0.2, 0.25) is 10.0 Å². The number of rotatable bonds is 4. The third kappa shape index (κ3) is 5.20. The monoisotopic (exact) mass is 458 g/mol. The van der Waals surface area contributed by atoms with E-state index < -0.39 is 27.6 Å². The Balaban J connectivity index is 1.88. The lowest BCUT2D eigenvalue weighted by atomic mass is 9.85. The van der Waals surface area contributed by atoms with Crippen LogP contribution in [-0.2, 0) is 19.6 Å². The number of ether oxygens (including phenoxy) is 1. The quantitative estimate of drug-likeness (QED) is 0.528. The van der Waals surface area contributed by atoms with Gasteiger partial charge < -0.3 is 4.74 Å². The standard InChI is InChI=1S/C20H24Cl2N2O4S/c1-20(2,3)28-19(25)14-6-4-5-7-17(14)24-29(26,27)12-8-9-13-15(10-12)18(22)23-11-16(13)21/h8-11,14,17,24H,4-7H2,1-3H3. The van der Waals surface area contributed by atoms with Crippen molar-refractivity contribution in [3.8, 4) is 0 Å². The zero-order valence-corrected chi connectivity index (χ0v) is 18.9. The molecule has 0 aliphatic heterocycles. The Morgan fingerprint density at radius 2 is 1.86 bits per heavy atom. The maximum atomic E-state index is 13.0. The van der Waals surface area contributed by atoms with Crippen molar-refractivity contribution in [3.05, 3.63) is 34.6 Å². The molecule has 0 amide bonds. The molecule has 2 atom stereocenters. The van der Waals surface area contributed by atoms with Crippen LogP contribution < -0.4 is 4.72 Å². The minimum absolute atomic E-state index is 0.0458. The molecule has 1 aromatic carbocycles. The van der Waals surface area contributed by atoms with Gasteiger partial charge in [-0.25, -0.2) is 18.1 Å². The van der Waals surface area contributed by atoms with E-state index in [1.807, 2.05) is 0 Å². The number of hydrogen-bond acceptors (Lipinski definition) is 5. The number of benzene rings is 1. The Morgan fingerprint density at radius 1 is 1.17 bits per heavy atom. The molecule has 1 saturated carbocycles. The molecule has 1 fully saturated rings. The summed E-state index contributed by atoms with van der Waals surface area (Å²) in [4.78, 5) is 16.6. The number of aromatic nitrogens is 1. The van der Waals surface area contributed by atoms with Gasteiger partial charge in [0, 0.05) is 23.0 Å². The minimum Gasteiger partial charge on any atom is -0.460 e. The number of nitrogens with one attached hydrogen (secondary N) is 1. The molecule has 1 N–H and O–H groups in total. The summed E-state index contributed by atoms with van der Waals surface area (Å²) in [5, 5.41) is 1.63. The molecule has 1 aliphatic rings.